The molecule has 2 aromatic rings. The summed E-state index contributed by atoms with van der Waals surface area (Å²) in [6.07, 6.45) is 1.66. The van der Waals surface area contributed by atoms with E-state index in [1.165, 1.54) is 6.33 Å². The van der Waals surface area contributed by atoms with Gasteiger partial charge in [-0.1, -0.05) is 6.07 Å². The molecule has 0 aliphatic heterocycles. The van der Waals surface area contributed by atoms with Crippen LogP contribution in [0.25, 0.3) is 0 Å². The predicted octanol–water partition coefficient (Wildman–Crippen LogP) is 1.02. The number of ether oxygens (including phenoxy) is 2. The van der Waals surface area contributed by atoms with Gasteiger partial charge in [0.15, 0.2) is 0 Å². The number of benzene rings is 1. The van der Waals surface area contributed by atoms with E-state index in [0.29, 0.717) is 23.9 Å². The molecule has 112 valence electrons. The fraction of sp³-hybridized carbons (Fsp3) is 0.357. The lowest BCUT2D eigenvalue weighted by Crippen LogP contribution is -2.28. The molecule has 0 saturated heterocycles. The molecule has 0 fully saturated rings. The number of nitrogens with zero attached hydrogens (tertiary/aromatic N) is 3. The fourth-order valence-electron chi connectivity index (χ4n) is 1.92. The molecule has 7 heteroatoms. The first-order valence-electron chi connectivity index (χ1n) is 6.43. The first-order valence-corrected chi connectivity index (χ1v) is 6.43. The van der Waals surface area contributed by atoms with Crippen molar-refractivity contribution in [3.05, 3.63) is 35.9 Å². The van der Waals surface area contributed by atoms with Crippen LogP contribution in [-0.4, -0.2) is 47.3 Å². The number of amides is 1. The van der Waals surface area contributed by atoms with Crippen LogP contribution in [0.1, 0.15) is 11.4 Å². The summed E-state index contributed by atoms with van der Waals surface area (Å²) in [6, 6.07) is 5.40. The zero-order valence-corrected chi connectivity index (χ0v) is 12.3. The molecule has 0 aliphatic carbocycles. The molecule has 7 nitrogen and oxygen atoms in total. The lowest BCUT2D eigenvalue weighted by atomic mass is 10.1. The fourth-order valence-corrected chi connectivity index (χ4v) is 1.92. The molecule has 1 aromatic carbocycles. The van der Waals surface area contributed by atoms with Crippen LogP contribution in [0.2, 0.25) is 0 Å². The lowest BCUT2D eigenvalue weighted by molar-refractivity contribution is -0.129. The largest absolute Gasteiger partial charge is 0.497 e. The van der Waals surface area contributed by atoms with E-state index in [4.69, 9.17) is 9.47 Å². The highest BCUT2D eigenvalue weighted by Gasteiger charge is 2.14. The van der Waals surface area contributed by atoms with E-state index in [9.17, 15) is 4.79 Å². The molecule has 2 rings (SSSR count). The van der Waals surface area contributed by atoms with Crippen molar-refractivity contribution in [3.8, 4) is 11.5 Å². The summed E-state index contributed by atoms with van der Waals surface area (Å²) in [6.45, 7) is 0.386. The molecular formula is C14H18N4O3. The number of methoxy groups -OCH3 is 2. The van der Waals surface area contributed by atoms with E-state index in [2.05, 4.69) is 15.2 Å². The van der Waals surface area contributed by atoms with Gasteiger partial charge in [-0.2, -0.15) is 5.10 Å². The number of likely N-dealkylation sites (N-methyl/N-ethyl adjacent to an activating group) is 1. The van der Waals surface area contributed by atoms with E-state index in [1.54, 1.807) is 32.2 Å². The van der Waals surface area contributed by atoms with Crippen LogP contribution in [0.5, 0.6) is 11.5 Å². The molecule has 0 aliphatic rings. The molecule has 1 amide bonds. The van der Waals surface area contributed by atoms with Gasteiger partial charge in [0.25, 0.3) is 0 Å². The van der Waals surface area contributed by atoms with Crippen molar-refractivity contribution >= 4 is 5.91 Å². The van der Waals surface area contributed by atoms with Crippen molar-refractivity contribution in [2.24, 2.45) is 0 Å². The lowest BCUT2D eigenvalue weighted by Gasteiger charge is -2.17. The average molecular weight is 290 g/mol. The first-order chi connectivity index (χ1) is 10.1. The summed E-state index contributed by atoms with van der Waals surface area (Å²) in [5, 5.41) is 6.49. The summed E-state index contributed by atoms with van der Waals surface area (Å²) < 4.78 is 10.4. The van der Waals surface area contributed by atoms with Gasteiger partial charge in [0, 0.05) is 18.7 Å². The zero-order valence-electron chi connectivity index (χ0n) is 12.3. The molecular weight excluding hydrogens is 272 g/mol. The molecule has 0 spiro atoms. The Morgan fingerprint density at radius 2 is 2.14 bits per heavy atom. The Hall–Kier alpha value is -2.57. The molecule has 1 N–H and O–H groups in total. The van der Waals surface area contributed by atoms with Crippen LogP contribution in [0.4, 0.5) is 0 Å². The number of rotatable bonds is 6. The third-order valence-electron chi connectivity index (χ3n) is 3.11. The molecule has 21 heavy (non-hydrogen) atoms. The van der Waals surface area contributed by atoms with Crippen molar-refractivity contribution in [3.63, 3.8) is 0 Å². The zero-order chi connectivity index (χ0) is 15.2. The van der Waals surface area contributed by atoms with Gasteiger partial charge in [-0.3, -0.25) is 9.89 Å². The number of aromatic nitrogens is 3. The van der Waals surface area contributed by atoms with Crippen LogP contribution in [-0.2, 0) is 17.8 Å². The van der Waals surface area contributed by atoms with Crippen LogP contribution >= 0.6 is 0 Å². The van der Waals surface area contributed by atoms with E-state index >= 15 is 0 Å². The molecule has 1 heterocycles. The minimum atomic E-state index is -0.0325. The standard InChI is InChI=1S/C14H18N4O3/c1-18(8-13-15-9-16-17-13)14(19)6-10-4-5-11(20-2)7-12(10)21-3/h4-5,7,9H,6,8H2,1-3H3,(H,15,16,17). The molecule has 0 unspecified atom stereocenters. The summed E-state index contributed by atoms with van der Waals surface area (Å²) >= 11 is 0. The monoisotopic (exact) mass is 290 g/mol. The van der Waals surface area contributed by atoms with Gasteiger partial charge >= 0.3 is 0 Å². The van der Waals surface area contributed by atoms with Crippen molar-refractivity contribution in [1.82, 2.24) is 20.1 Å². The number of nitrogens with one attached hydrogen (secondary N) is 1. The van der Waals surface area contributed by atoms with Gasteiger partial charge in [-0.05, 0) is 6.07 Å². The summed E-state index contributed by atoms with van der Waals surface area (Å²) in [5.74, 6) is 1.94. The number of hydrogen-bond acceptors (Lipinski definition) is 5. The topological polar surface area (TPSA) is 80.3 Å². The number of hydrogen-bond donors (Lipinski definition) is 1. The highest BCUT2D eigenvalue weighted by Crippen LogP contribution is 2.25. The normalized spacial score (nSPS) is 10.2. The Kier molecular flexibility index (Phi) is 4.76. The Bertz CT molecular complexity index is 598. The van der Waals surface area contributed by atoms with Crippen LogP contribution < -0.4 is 9.47 Å². The second kappa shape index (κ2) is 6.74. The molecule has 0 saturated carbocycles. The Morgan fingerprint density at radius 3 is 2.76 bits per heavy atom. The molecule has 0 atom stereocenters. The molecule has 0 radical (unpaired) electrons. The first kappa shape index (κ1) is 14.8. The van der Waals surface area contributed by atoms with E-state index in [-0.39, 0.29) is 12.3 Å². The maximum Gasteiger partial charge on any atom is 0.227 e. The Morgan fingerprint density at radius 1 is 1.33 bits per heavy atom. The third kappa shape index (κ3) is 3.71. The summed E-state index contributed by atoms with van der Waals surface area (Å²) in [5.41, 5.74) is 0.813. The van der Waals surface area contributed by atoms with E-state index in [0.717, 1.165) is 5.56 Å². The second-order valence-corrected chi connectivity index (χ2v) is 4.54. The second-order valence-electron chi connectivity index (χ2n) is 4.54. The number of aromatic amines is 1. The van der Waals surface area contributed by atoms with Gasteiger partial charge in [-0.15, -0.1) is 0 Å². The summed E-state index contributed by atoms with van der Waals surface area (Å²) in [7, 11) is 4.88. The quantitative estimate of drug-likeness (QED) is 0.859. The SMILES string of the molecule is COc1ccc(CC(=O)N(C)Cc2ncn[nH]2)c(OC)c1. The molecule has 0 bridgehead atoms. The predicted molar refractivity (Wildman–Crippen MR) is 76.1 cm³/mol. The van der Waals surface area contributed by atoms with Gasteiger partial charge in [-0.25, -0.2) is 4.98 Å². The Labute approximate surface area is 122 Å². The average Bonchev–Trinajstić information content (AvgIpc) is 3.00. The smallest absolute Gasteiger partial charge is 0.227 e. The van der Waals surface area contributed by atoms with Gasteiger partial charge in [0.2, 0.25) is 5.91 Å². The Balaban J connectivity index is 2.04. The van der Waals surface area contributed by atoms with Crippen molar-refractivity contribution in [1.29, 1.82) is 0 Å². The molecule has 1 aromatic heterocycles. The maximum absolute atomic E-state index is 12.2. The van der Waals surface area contributed by atoms with Crippen LogP contribution in [0, 0.1) is 0 Å². The minimum Gasteiger partial charge on any atom is -0.497 e. The number of H-pyrrole nitrogens is 1. The number of carbonyl (C=O) groups is 1. The van der Waals surface area contributed by atoms with E-state index < -0.39 is 0 Å². The third-order valence-corrected chi connectivity index (χ3v) is 3.11. The van der Waals surface area contributed by atoms with Crippen molar-refractivity contribution in [2.75, 3.05) is 21.3 Å². The van der Waals surface area contributed by atoms with Gasteiger partial charge in [0.05, 0.1) is 27.2 Å². The van der Waals surface area contributed by atoms with Crippen molar-refractivity contribution < 1.29 is 14.3 Å². The number of carbonyl (C=O) groups excluding carboxylic acids is 1. The summed E-state index contributed by atoms with van der Waals surface area (Å²) in [4.78, 5) is 17.8. The van der Waals surface area contributed by atoms with Gasteiger partial charge in [0.1, 0.15) is 23.7 Å². The van der Waals surface area contributed by atoms with Crippen LogP contribution in [0.15, 0.2) is 24.5 Å². The minimum absolute atomic E-state index is 0.0325. The highest BCUT2D eigenvalue weighted by atomic mass is 16.5. The highest BCUT2D eigenvalue weighted by molar-refractivity contribution is 5.79. The maximum atomic E-state index is 12.2. The van der Waals surface area contributed by atoms with Gasteiger partial charge < -0.3 is 14.4 Å². The van der Waals surface area contributed by atoms with E-state index in [1.807, 2.05) is 12.1 Å². The van der Waals surface area contributed by atoms with Crippen LogP contribution in [0.3, 0.4) is 0 Å². The van der Waals surface area contributed by atoms with Crippen molar-refractivity contribution in [2.45, 2.75) is 13.0 Å².